The summed E-state index contributed by atoms with van der Waals surface area (Å²) in [6.45, 7) is 0. The summed E-state index contributed by atoms with van der Waals surface area (Å²) in [5, 5.41) is 6.44. The fourth-order valence-electron chi connectivity index (χ4n) is 3.11. The summed E-state index contributed by atoms with van der Waals surface area (Å²) >= 11 is 0. The smallest absolute Gasteiger partial charge is 0.277 e. The summed E-state index contributed by atoms with van der Waals surface area (Å²) in [5.74, 6) is -0.0833. The van der Waals surface area contributed by atoms with Gasteiger partial charge in [-0.3, -0.25) is 9.36 Å². The van der Waals surface area contributed by atoms with E-state index < -0.39 is 11.7 Å². The first-order valence-corrected chi connectivity index (χ1v) is 9.10. The zero-order chi connectivity index (χ0) is 20.5. The zero-order valence-corrected chi connectivity index (χ0v) is 15.5. The molecule has 0 bridgehead atoms. The molecule has 30 heavy (non-hydrogen) atoms. The number of rotatable bonds is 4. The van der Waals surface area contributed by atoms with Crippen molar-refractivity contribution in [3.8, 4) is 17.1 Å². The molecule has 0 saturated carbocycles. The van der Waals surface area contributed by atoms with E-state index in [9.17, 15) is 9.18 Å². The molecule has 0 fully saturated rings. The van der Waals surface area contributed by atoms with Gasteiger partial charge in [-0.15, -0.1) is 0 Å². The van der Waals surface area contributed by atoms with Crippen molar-refractivity contribution in [3.63, 3.8) is 0 Å². The van der Waals surface area contributed by atoms with Gasteiger partial charge in [-0.1, -0.05) is 29.4 Å². The second-order valence-corrected chi connectivity index (χ2v) is 6.52. The Morgan fingerprint density at radius 3 is 2.67 bits per heavy atom. The Balaban J connectivity index is 1.34. The van der Waals surface area contributed by atoms with E-state index in [0.29, 0.717) is 11.5 Å². The van der Waals surface area contributed by atoms with Gasteiger partial charge in [0.2, 0.25) is 0 Å². The summed E-state index contributed by atoms with van der Waals surface area (Å²) in [6, 6.07) is 18.8. The topological polar surface area (TPSA) is 85.8 Å². The molecule has 0 saturated heterocycles. The maximum Gasteiger partial charge on any atom is 0.277 e. The van der Waals surface area contributed by atoms with Gasteiger partial charge >= 0.3 is 0 Å². The van der Waals surface area contributed by atoms with Gasteiger partial charge in [0.05, 0.1) is 28.5 Å². The van der Waals surface area contributed by atoms with Crippen molar-refractivity contribution in [3.05, 3.63) is 90.8 Å². The van der Waals surface area contributed by atoms with Crippen LogP contribution in [0.5, 0.6) is 0 Å². The third-order valence-corrected chi connectivity index (χ3v) is 4.59. The van der Waals surface area contributed by atoms with E-state index in [1.54, 1.807) is 42.9 Å². The molecule has 0 atom stereocenters. The molecule has 0 spiro atoms. The molecule has 0 aliphatic heterocycles. The van der Waals surface area contributed by atoms with Crippen LogP contribution in [0.25, 0.3) is 28.2 Å². The Morgan fingerprint density at radius 1 is 1.00 bits per heavy atom. The number of imidazole rings is 1. The van der Waals surface area contributed by atoms with Crippen LogP contribution in [0.15, 0.2) is 83.8 Å². The highest BCUT2D eigenvalue weighted by molar-refractivity contribution is 6.03. The molecule has 8 heteroatoms. The minimum absolute atomic E-state index is 0.0398. The van der Waals surface area contributed by atoms with Gasteiger partial charge < -0.3 is 9.84 Å². The molecule has 2 aromatic carbocycles. The van der Waals surface area contributed by atoms with Crippen LogP contribution in [0.1, 0.15) is 10.5 Å². The molecule has 7 nitrogen and oxygen atoms in total. The summed E-state index contributed by atoms with van der Waals surface area (Å²) in [7, 11) is 0. The van der Waals surface area contributed by atoms with Crippen LogP contribution < -0.4 is 5.32 Å². The van der Waals surface area contributed by atoms with Gasteiger partial charge in [0.15, 0.2) is 11.5 Å². The number of anilines is 1. The molecule has 1 amide bonds. The average Bonchev–Trinajstić information content (AvgIpc) is 3.42. The Morgan fingerprint density at radius 2 is 1.83 bits per heavy atom. The number of carbonyl (C=O) groups excluding carboxylic acids is 1. The van der Waals surface area contributed by atoms with E-state index in [1.807, 2.05) is 28.8 Å². The molecule has 5 aromatic rings. The minimum Gasteiger partial charge on any atom is -0.355 e. The monoisotopic (exact) mass is 399 g/mol. The fourth-order valence-corrected chi connectivity index (χ4v) is 3.11. The van der Waals surface area contributed by atoms with Gasteiger partial charge in [0.1, 0.15) is 18.0 Å². The van der Waals surface area contributed by atoms with Crippen molar-refractivity contribution in [2.45, 2.75) is 0 Å². The quantitative estimate of drug-likeness (QED) is 0.482. The Bertz CT molecular complexity index is 1360. The lowest BCUT2D eigenvalue weighted by Gasteiger charge is -2.06. The minimum atomic E-state index is -0.482. The number of amides is 1. The van der Waals surface area contributed by atoms with Gasteiger partial charge in [-0.05, 0) is 36.4 Å². The maximum atomic E-state index is 13.9. The standard InChI is InChI=1S/C22H14FN5O2/c23-16-6-2-1-5-15(16)20-11-18(27-30-20)22(29)26-14-9-10-21(24-12-14)28-13-25-17-7-3-4-8-19(17)28/h1-13H,(H,26,29). The number of para-hydroxylation sites is 2. The Kier molecular flexibility index (Phi) is 4.29. The maximum absolute atomic E-state index is 13.9. The molecule has 0 aliphatic carbocycles. The predicted molar refractivity (Wildman–Crippen MR) is 109 cm³/mol. The van der Waals surface area contributed by atoms with Crippen LogP contribution in [0.4, 0.5) is 10.1 Å². The summed E-state index contributed by atoms with van der Waals surface area (Å²) in [5.41, 5.74) is 2.57. The van der Waals surface area contributed by atoms with Crippen LogP contribution in [0, 0.1) is 5.82 Å². The summed E-state index contributed by atoms with van der Waals surface area (Å²) < 4.78 is 20.9. The van der Waals surface area contributed by atoms with Gasteiger partial charge in [-0.25, -0.2) is 14.4 Å². The molecule has 3 heterocycles. The number of benzene rings is 2. The highest BCUT2D eigenvalue weighted by atomic mass is 19.1. The lowest BCUT2D eigenvalue weighted by atomic mass is 10.1. The molecular formula is C22H14FN5O2. The zero-order valence-electron chi connectivity index (χ0n) is 15.5. The first kappa shape index (κ1) is 17.7. The lowest BCUT2D eigenvalue weighted by molar-refractivity contribution is 0.101. The number of nitrogens with zero attached hydrogens (tertiary/aromatic N) is 4. The highest BCUT2D eigenvalue weighted by Gasteiger charge is 2.16. The molecule has 5 rings (SSSR count). The number of carbonyl (C=O) groups is 1. The Labute approximate surface area is 169 Å². The van der Waals surface area contributed by atoms with Crippen molar-refractivity contribution >= 4 is 22.6 Å². The van der Waals surface area contributed by atoms with Gasteiger partial charge in [0, 0.05) is 6.07 Å². The van der Waals surface area contributed by atoms with Crippen molar-refractivity contribution in [2.24, 2.45) is 0 Å². The molecule has 3 aromatic heterocycles. The fraction of sp³-hybridized carbons (Fsp3) is 0. The number of hydrogen-bond donors (Lipinski definition) is 1. The second kappa shape index (κ2) is 7.25. The van der Waals surface area contributed by atoms with E-state index in [1.165, 1.54) is 12.1 Å². The third-order valence-electron chi connectivity index (χ3n) is 4.59. The number of fused-ring (bicyclic) bond motifs is 1. The number of halogens is 1. The van der Waals surface area contributed by atoms with Crippen molar-refractivity contribution in [1.29, 1.82) is 0 Å². The third kappa shape index (κ3) is 3.20. The van der Waals surface area contributed by atoms with Gasteiger partial charge in [0.25, 0.3) is 5.91 Å². The second-order valence-electron chi connectivity index (χ2n) is 6.52. The molecule has 0 aliphatic rings. The normalized spacial score (nSPS) is 11.0. The molecule has 0 radical (unpaired) electrons. The Hall–Kier alpha value is -4.33. The van der Waals surface area contributed by atoms with E-state index in [-0.39, 0.29) is 17.0 Å². The largest absolute Gasteiger partial charge is 0.355 e. The predicted octanol–water partition coefficient (Wildman–Crippen LogP) is 4.47. The number of pyridine rings is 1. The van der Waals surface area contributed by atoms with E-state index >= 15 is 0 Å². The van der Waals surface area contributed by atoms with E-state index in [2.05, 4.69) is 20.4 Å². The molecular weight excluding hydrogens is 385 g/mol. The van der Waals surface area contributed by atoms with Crippen molar-refractivity contribution in [1.82, 2.24) is 19.7 Å². The highest BCUT2D eigenvalue weighted by Crippen LogP contribution is 2.24. The molecule has 0 unspecified atom stereocenters. The van der Waals surface area contributed by atoms with Crippen LogP contribution in [0.2, 0.25) is 0 Å². The van der Waals surface area contributed by atoms with Crippen LogP contribution >= 0.6 is 0 Å². The van der Waals surface area contributed by atoms with E-state index in [4.69, 9.17) is 4.52 Å². The molecule has 146 valence electrons. The van der Waals surface area contributed by atoms with Crippen LogP contribution in [-0.4, -0.2) is 25.6 Å². The van der Waals surface area contributed by atoms with Crippen LogP contribution in [0.3, 0.4) is 0 Å². The first-order valence-electron chi connectivity index (χ1n) is 9.10. The lowest BCUT2D eigenvalue weighted by Crippen LogP contribution is -2.12. The number of hydrogen-bond acceptors (Lipinski definition) is 5. The van der Waals surface area contributed by atoms with Crippen molar-refractivity contribution < 1.29 is 13.7 Å². The van der Waals surface area contributed by atoms with Crippen molar-refractivity contribution in [2.75, 3.05) is 5.32 Å². The first-order chi connectivity index (χ1) is 14.7. The van der Waals surface area contributed by atoms with E-state index in [0.717, 1.165) is 11.0 Å². The number of aromatic nitrogens is 4. The number of nitrogens with one attached hydrogen (secondary N) is 1. The van der Waals surface area contributed by atoms with Crippen LogP contribution in [-0.2, 0) is 0 Å². The molecule has 1 N–H and O–H groups in total. The summed E-state index contributed by atoms with van der Waals surface area (Å²) in [6.07, 6.45) is 3.24. The van der Waals surface area contributed by atoms with Gasteiger partial charge in [-0.2, -0.15) is 0 Å². The SMILES string of the molecule is O=C(Nc1ccc(-n2cnc3ccccc32)nc1)c1cc(-c2ccccc2F)on1. The summed E-state index contributed by atoms with van der Waals surface area (Å²) in [4.78, 5) is 21.2. The average molecular weight is 399 g/mol.